The summed E-state index contributed by atoms with van der Waals surface area (Å²) in [5.41, 5.74) is 6.73. The van der Waals surface area contributed by atoms with Gasteiger partial charge in [0.05, 0.1) is 5.69 Å². The molecule has 0 saturated heterocycles. The van der Waals surface area contributed by atoms with Gasteiger partial charge in [-0.05, 0) is 24.6 Å². The third kappa shape index (κ3) is 2.88. The second kappa shape index (κ2) is 6.41. The Labute approximate surface area is 131 Å². The molecule has 0 fully saturated rings. The summed E-state index contributed by atoms with van der Waals surface area (Å²) in [5, 5.41) is 0.933. The molecule has 0 aliphatic rings. The molecule has 0 aliphatic carbocycles. The molecule has 0 aliphatic heterocycles. The molecule has 1 aromatic heterocycles. The van der Waals surface area contributed by atoms with E-state index in [0.29, 0.717) is 23.7 Å². The number of fused-ring (bicyclic) bond motifs is 1. The lowest BCUT2D eigenvalue weighted by atomic mass is 10.2. The zero-order valence-corrected chi connectivity index (χ0v) is 13.8. The van der Waals surface area contributed by atoms with Crippen LogP contribution in [0.5, 0.6) is 0 Å². The van der Waals surface area contributed by atoms with Gasteiger partial charge < -0.3 is 10.6 Å². The minimum Gasteiger partial charge on any atom is -0.397 e. The van der Waals surface area contributed by atoms with Gasteiger partial charge in [-0.1, -0.05) is 28.9 Å². The van der Waals surface area contributed by atoms with Gasteiger partial charge in [-0.2, -0.15) is 0 Å². The molecule has 2 aromatic rings. The minimum absolute atomic E-state index is 0.0124. The maximum absolute atomic E-state index is 12.6. The Bertz CT molecular complexity index is 651. The summed E-state index contributed by atoms with van der Waals surface area (Å²) in [5.74, 6) is -0.0124. The molecule has 3 nitrogen and oxygen atoms in total. The Kier molecular flexibility index (Phi) is 4.83. The second-order valence-corrected chi connectivity index (χ2v) is 6.49. The number of rotatable bonds is 5. The third-order valence-electron chi connectivity index (χ3n) is 3.01. The summed E-state index contributed by atoms with van der Waals surface area (Å²) in [4.78, 5) is 15.0. The number of halogens is 1. The Balaban J connectivity index is 2.43. The van der Waals surface area contributed by atoms with Gasteiger partial charge in [-0.15, -0.1) is 17.9 Å². The lowest BCUT2D eigenvalue weighted by Crippen LogP contribution is -2.31. The fourth-order valence-electron chi connectivity index (χ4n) is 2.09. The topological polar surface area (TPSA) is 46.3 Å². The zero-order valence-electron chi connectivity index (χ0n) is 11.4. The van der Waals surface area contributed by atoms with Crippen LogP contribution in [0, 0.1) is 0 Å². The molecule has 1 amide bonds. The SMILES string of the molecule is C=CCN(CCC)C(=O)c1sc2ccc(Br)cc2c1N. The van der Waals surface area contributed by atoms with Crippen molar-refractivity contribution in [3.8, 4) is 0 Å². The Morgan fingerprint density at radius 3 is 2.95 bits per heavy atom. The number of carbonyl (C=O) groups is 1. The first-order valence-corrected chi connectivity index (χ1v) is 8.07. The van der Waals surface area contributed by atoms with E-state index in [-0.39, 0.29) is 5.91 Å². The van der Waals surface area contributed by atoms with Crippen LogP contribution >= 0.6 is 27.3 Å². The third-order valence-corrected chi connectivity index (χ3v) is 4.68. The van der Waals surface area contributed by atoms with Crippen molar-refractivity contribution in [1.82, 2.24) is 4.90 Å². The molecule has 2 N–H and O–H groups in total. The van der Waals surface area contributed by atoms with Gasteiger partial charge in [0.2, 0.25) is 0 Å². The second-order valence-electron chi connectivity index (χ2n) is 4.53. The number of amides is 1. The number of anilines is 1. The van der Waals surface area contributed by atoms with E-state index in [2.05, 4.69) is 29.4 Å². The molecule has 0 unspecified atom stereocenters. The van der Waals surface area contributed by atoms with Crippen molar-refractivity contribution in [1.29, 1.82) is 0 Å². The lowest BCUT2D eigenvalue weighted by molar-refractivity contribution is 0.0780. The highest BCUT2D eigenvalue weighted by Crippen LogP contribution is 2.36. The summed E-state index contributed by atoms with van der Waals surface area (Å²) in [6.07, 6.45) is 2.66. The van der Waals surface area contributed by atoms with Crippen molar-refractivity contribution in [2.24, 2.45) is 0 Å². The maximum atomic E-state index is 12.6. The molecule has 20 heavy (non-hydrogen) atoms. The van der Waals surface area contributed by atoms with E-state index in [1.54, 1.807) is 11.0 Å². The van der Waals surface area contributed by atoms with E-state index in [1.165, 1.54) is 11.3 Å². The van der Waals surface area contributed by atoms with Crippen molar-refractivity contribution in [3.05, 3.63) is 40.2 Å². The van der Waals surface area contributed by atoms with Crippen LogP contribution in [-0.2, 0) is 0 Å². The smallest absolute Gasteiger partial charge is 0.266 e. The van der Waals surface area contributed by atoms with Gasteiger partial charge in [-0.3, -0.25) is 4.79 Å². The van der Waals surface area contributed by atoms with E-state index >= 15 is 0 Å². The average molecular weight is 353 g/mol. The molecular formula is C15H17BrN2OS. The number of nitrogens with zero attached hydrogens (tertiary/aromatic N) is 1. The van der Waals surface area contributed by atoms with Crippen LogP contribution in [0.1, 0.15) is 23.0 Å². The predicted octanol–water partition coefficient (Wildman–Crippen LogP) is 4.28. The summed E-state index contributed by atoms with van der Waals surface area (Å²) >= 11 is 4.88. The number of nitrogens with two attached hydrogens (primary N) is 1. The summed E-state index contributed by atoms with van der Waals surface area (Å²) in [6, 6.07) is 5.89. The van der Waals surface area contributed by atoms with Crippen molar-refractivity contribution in [3.63, 3.8) is 0 Å². The van der Waals surface area contributed by atoms with Gasteiger partial charge in [0.1, 0.15) is 4.88 Å². The van der Waals surface area contributed by atoms with E-state index in [1.807, 2.05) is 18.2 Å². The van der Waals surface area contributed by atoms with Crippen LogP contribution < -0.4 is 5.73 Å². The van der Waals surface area contributed by atoms with Crippen LogP contribution in [0.25, 0.3) is 10.1 Å². The molecule has 5 heteroatoms. The van der Waals surface area contributed by atoms with Gasteiger partial charge in [0, 0.05) is 27.6 Å². The molecule has 0 bridgehead atoms. The molecule has 0 atom stereocenters. The predicted molar refractivity (Wildman–Crippen MR) is 90.3 cm³/mol. The summed E-state index contributed by atoms with van der Waals surface area (Å²) < 4.78 is 1.99. The number of nitrogen functional groups attached to an aromatic ring is 1. The molecule has 2 rings (SSSR count). The van der Waals surface area contributed by atoms with E-state index in [4.69, 9.17) is 5.73 Å². The van der Waals surface area contributed by atoms with Gasteiger partial charge in [0.15, 0.2) is 0 Å². The molecule has 0 spiro atoms. The van der Waals surface area contributed by atoms with Crippen LogP contribution in [0.2, 0.25) is 0 Å². The molecule has 0 radical (unpaired) electrons. The largest absolute Gasteiger partial charge is 0.397 e. The number of hydrogen-bond donors (Lipinski definition) is 1. The first kappa shape index (κ1) is 15.1. The molecule has 0 saturated carbocycles. The first-order valence-electron chi connectivity index (χ1n) is 6.46. The fraction of sp³-hybridized carbons (Fsp3) is 0.267. The van der Waals surface area contributed by atoms with Crippen molar-refractivity contribution in [2.75, 3.05) is 18.8 Å². The number of hydrogen-bond acceptors (Lipinski definition) is 3. The highest BCUT2D eigenvalue weighted by Gasteiger charge is 2.21. The van der Waals surface area contributed by atoms with E-state index in [0.717, 1.165) is 21.0 Å². The molecular weight excluding hydrogens is 336 g/mol. The number of thiophene rings is 1. The maximum Gasteiger partial charge on any atom is 0.266 e. The van der Waals surface area contributed by atoms with Crippen molar-refractivity contribution >= 4 is 48.9 Å². The van der Waals surface area contributed by atoms with Crippen molar-refractivity contribution < 1.29 is 4.79 Å². The van der Waals surface area contributed by atoms with Crippen LogP contribution in [0.3, 0.4) is 0 Å². The highest BCUT2D eigenvalue weighted by atomic mass is 79.9. The number of benzene rings is 1. The Morgan fingerprint density at radius 1 is 1.55 bits per heavy atom. The Hall–Kier alpha value is -1.33. The molecule has 1 heterocycles. The molecule has 106 valence electrons. The van der Waals surface area contributed by atoms with E-state index in [9.17, 15) is 4.79 Å². The zero-order chi connectivity index (χ0) is 14.7. The van der Waals surface area contributed by atoms with Gasteiger partial charge in [0.25, 0.3) is 5.91 Å². The summed E-state index contributed by atoms with van der Waals surface area (Å²) in [7, 11) is 0. The quantitative estimate of drug-likeness (QED) is 0.816. The standard InChI is InChI=1S/C15H17BrN2OS/c1-3-7-18(8-4-2)15(19)14-13(17)11-9-10(16)5-6-12(11)20-14/h3,5-6,9H,1,4,7-8,17H2,2H3. The first-order chi connectivity index (χ1) is 9.58. The normalized spacial score (nSPS) is 10.7. The lowest BCUT2D eigenvalue weighted by Gasteiger charge is -2.19. The van der Waals surface area contributed by atoms with E-state index < -0.39 is 0 Å². The number of carbonyl (C=O) groups excluding carboxylic acids is 1. The van der Waals surface area contributed by atoms with Crippen molar-refractivity contribution in [2.45, 2.75) is 13.3 Å². The Morgan fingerprint density at radius 2 is 2.30 bits per heavy atom. The van der Waals surface area contributed by atoms with Crippen LogP contribution in [-0.4, -0.2) is 23.9 Å². The summed E-state index contributed by atoms with van der Waals surface area (Å²) in [6.45, 7) is 7.01. The average Bonchev–Trinajstić information content (AvgIpc) is 2.75. The fourth-order valence-corrected chi connectivity index (χ4v) is 3.53. The van der Waals surface area contributed by atoms with Gasteiger partial charge >= 0.3 is 0 Å². The van der Waals surface area contributed by atoms with Crippen LogP contribution in [0.4, 0.5) is 5.69 Å². The van der Waals surface area contributed by atoms with Gasteiger partial charge in [-0.25, -0.2) is 0 Å². The van der Waals surface area contributed by atoms with Crippen LogP contribution in [0.15, 0.2) is 35.3 Å². The monoisotopic (exact) mass is 352 g/mol. The highest BCUT2D eigenvalue weighted by molar-refractivity contribution is 9.10. The molecule has 1 aromatic carbocycles. The minimum atomic E-state index is -0.0124.